The largest absolute Gasteiger partial charge is 0.491 e. The fraction of sp³-hybridized carbons (Fsp3) is 0.526. The van der Waals surface area contributed by atoms with Crippen molar-refractivity contribution >= 4 is 23.9 Å². The zero-order valence-corrected chi connectivity index (χ0v) is 15.3. The van der Waals surface area contributed by atoms with Gasteiger partial charge in [0.05, 0.1) is 12.0 Å². The van der Waals surface area contributed by atoms with E-state index in [0.29, 0.717) is 32.7 Å². The molecule has 0 bridgehead atoms. The Balaban J connectivity index is 1.61. The number of carbonyl (C=O) groups excluding carboxylic acids is 3. The first-order valence-corrected chi connectivity index (χ1v) is 9.03. The van der Waals surface area contributed by atoms with Crippen LogP contribution in [0.5, 0.6) is 5.75 Å². The van der Waals surface area contributed by atoms with Gasteiger partial charge in [0.1, 0.15) is 5.75 Å². The molecule has 2 saturated heterocycles. The third kappa shape index (κ3) is 3.98. The van der Waals surface area contributed by atoms with E-state index in [1.807, 2.05) is 38.1 Å². The quantitative estimate of drug-likeness (QED) is 0.739. The van der Waals surface area contributed by atoms with E-state index in [1.54, 1.807) is 14.7 Å². The predicted octanol–water partition coefficient (Wildman–Crippen LogP) is 1.13. The molecule has 0 N–H and O–H groups in total. The molecule has 26 heavy (non-hydrogen) atoms. The third-order valence-corrected chi connectivity index (χ3v) is 4.77. The van der Waals surface area contributed by atoms with Gasteiger partial charge in [-0.3, -0.25) is 14.4 Å². The highest BCUT2D eigenvalue weighted by atomic mass is 16.5. The molecular formula is C19H25N3O4. The van der Waals surface area contributed by atoms with Crippen LogP contribution < -0.4 is 9.64 Å². The number of amides is 3. The predicted molar refractivity (Wildman–Crippen MR) is 96.9 cm³/mol. The Kier molecular flexibility index (Phi) is 5.44. The second kappa shape index (κ2) is 7.76. The molecule has 140 valence electrons. The van der Waals surface area contributed by atoms with E-state index in [4.69, 9.17) is 4.74 Å². The van der Waals surface area contributed by atoms with Gasteiger partial charge >= 0.3 is 0 Å². The first-order chi connectivity index (χ1) is 12.5. The van der Waals surface area contributed by atoms with E-state index in [1.165, 1.54) is 0 Å². The molecule has 7 heteroatoms. The minimum Gasteiger partial charge on any atom is -0.491 e. The number of benzene rings is 1. The van der Waals surface area contributed by atoms with Crippen molar-refractivity contribution in [2.75, 3.05) is 37.6 Å². The maximum atomic E-state index is 12.7. The normalized spacial score (nSPS) is 20.7. The summed E-state index contributed by atoms with van der Waals surface area (Å²) in [6, 6.07) is 7.39. The van der Waals surface area contributed by atoms with Crippen molar-refractivity contribution in [3.05, 3.63) is 24.3 Å². The lowest BCUT2D eigenvalue weighted by atomic mass is 10.1. The summed E-state index contributed by atoms with van der Waals surface area (Å²) in [4.78, 5) is 41.0. The van der Waals surface area contributed by atoms with E-state index in [0.717, 1.165) is 17.8 Å². The number of carbonyl (C=O) groups is 3. The highest BCUT2D eigenvalue weighted by Crippen LogP contribution is 2.28. The molecule has 1 atom stereocenters. The lowest BCUT2D eigenvalue weighted by Crippen LogP contribution is -2.50. The number of hydrogen-bond donors (Lipinski definition) is 0. The summed E-state index contributed by atoms with van der Waals surface area (Å²) < 4.78 is 5.62. The van der Waals surface area contributed by atoms with Crippen molar-refractivity contribution in [1.29, 1.82) is 0 Å². The van der Waals surface area contributed by atoms with Gasteiger partial charge in [-0.05, 0) is 38.1 Å². The molecule has 0 saturated carbocycles. The van der Waals surface area contributed by atoms with Crippen LogP contribution in [0.2, 0.25) is 0 Å². The molecule has 0 aliphatic carbocycles. The lowest BCUT2D eigenvalue weighted by Gasteiger charge is -2.33. The number of rotatable bonds is 5. The molecule has 2 aliphatic heterocycles. The van der Waals surface area contributed by atoms with Gasteiger partial charge in [0.15, 0.2) is 0 Å². The van der Waals surface area contributed by atoms with Crippen LogP contribution in [0.15, 0.2) is 24.3 Å². The molecule has 2 heterocycles. The Morgan fingerprint density at radius 1 is 1.15 bits per heavy atom. The van der Waals surface area contributed by atoms with Crippen molar-refractivity contribution in [1.82, 2.24) is 9.80 Å². The lowest BCUT2D eigenvalue weighted by molar-refractivity contribution is -0.139. The first kappa shape index (κ1) is 18.2. The van der Waals surface area contributed by atoms with Crippen LogP contribution >= 0.6 is 0 Å². The minimum atomic E-state index is -0.322. The standard InChI is InChI=1S/C19H25N3O4/c1-14(2)26-17-5-3-16(4-6-17)22-12-15(11-18(22)24)19(25)21-9-7-20(13-23)8-10-21/h3-6,13-15H,7-12H2,1-2H3. The van der Waals surface area contributed by atoms with Gasteiger partial charge in [-0.15, -0.1) is 0 Å². The Labute approximate surface area is 153 Å². The van der Waals surface area contributed by atoms with Crippen LogP contribution in [0.1, 0.15) is 20.3 Å². The summed E-state index contributed by atoms with van der Waals surface area (Å²) >= 11 is 0. The van der Waals surface area contributed by atoms with Crippen molar-refractivity contribution in [3.63, 3.8) is 0 Å². The number of ether oxygens (including phenoxy) is 1. The van der Waals surface area contributed by atoms with E-state index in [2.05, 4.69) is 0 Å². The van der Waals surface area contributed by atoms with Gasteiger partial charge in [0, 0.05) is 44.8 Å². The zero-order chi connectivity index (χ0) is 18.7. The average Bonchev–Trinajstić information content (AvgIpc) is 3.03. The summed E-state index contributed by atoms with van der Waals surface area (Å²) in [5, 5.41) is 0. The average molecular weight is 359 g/mol. The van der Waals surface area contributed by atoms with Crippen LogP contribution in [-0.2, 0) is 14.4 Å². The first-order valence-electron chi connectivity index (χ1n) is 9.03. The summed E-state index contributed by atoms with van der Waals surface area (Å²) in [6.07, 6.45) is 1.14. The van der Waals surface area contributed by atoms with Crippen LogP contribution in [0.25, 0.3) is 0 Å². The van der Waals surface area contributed by atoms with E-state index in [9.17, 15) is 14.4 Å². The molecule has 0 spiro atoms. The van der Waals surface area contributed by atoms with Crippen LogP contribution in [0.4, 0.5) is 5.69 Å². The molecule has 0 radical (unpaired) electrons. The Morgan fingerprint density at radius 3 is 2.38 bits per heavy atom. The SMILES string of the molecule is CC(C)Oc1ccc(N2CC(C(=O)N3CCN(C=O)CC3)CC2=O)cc1. The van der Waals surface area contributed by atoms with Gasteiger partial charge in [0.25, 0.3) is 0 Å². The fourth-order valence-electron chi connectivity index (χ4n) is 3.41. The molecule has 1 aromatic carbocycles. The highest BCUT2D eigenvalue weighted by molar-refractivity contribution is 6.00. The number of piperazine rings is 1. The summed E-state index contributed by atoms with van der Waals surface area (Å²) in [7, 11) is 0. The Morgan fingerprint density at radius 2 is 1.81 bits per heavy atom. The van der Waals surface area contributed by atoms with E-state index < -0.39 is 0 Å². The van der Waals surface area contributed by atoms with E-state index in [-0.39, 0.29) is 30.3 Å². The molecule has 1 unspecified atom stereocenters. The van der Waals surface area contributed by atoms with E-state index >= 15 is 0 Å². The zero-order valence-electron chi connectivity index (χ0n) is 15.3. The molecule has 3 rings (SSSR count). The molecule has 7 nitrogen and oxygen atoms in total. The maximum Gasteiger partial charge on any atom is 0.228 e. The van der Waals surface area contributed by atoms with Crippen molar-refractivity contribution in [2.24, 2.45) is 5.92 Å². The summed E-state index contributed by atoms with van der Waals surface area (Å²) in [6.45, 7) is 6.49. The second-order valence-corrected chi connectivity index (χ2v) is 7.03. The van der Waals surface area contributed by atoms with Crippen LogP contribution in [-0.4, -0.2) is 66.9 Å². The molecular weight excluding hydrogens is 334 g/mol. The highest BCUT2D eigenvalue weighted by Gasteiger charge is 2.37. The van der Waals surface area contributed by atoms with Crippen molar-refractivity contribution in [3.8, 4) is 5.75 Å². The third-order valence-electron chi connectivity index (χ3n) is 4.77. The minimum absolute atomic E-state index is 0.00570. The summed E-state index contributed by atoms with van der Waals surface area (Å²) in [5.74, 6) is 0.409. The van der Waals surface area contributed by atoms with Gasteiger partial charge in [-0.1, -0.05) is 0 Å². The van der Waals surface area contributed by atoms with Crippen molar-refractivity contribution in [2.45, 2.75) is 26.4 Å². The molecule has 3 amide bonds. The number of nitrogens with zero attached hydrogens (tertiary/aromatic N) is 3. The van der Waals surface area contributed by atoms with Gasteiger partial charge in [0.2, 0.25) is 18.2 Å². The smallest absolute Gasteiger partial charge is 0.228 e. The molecule has 0 aromatic heterocycles. The second-order valence-electron chi connectivity index (χ2n) is 7.03. The van der Waals surface area contributed by atoms with Gasteiger partial charge in [-0.2, -0.15) is 0 Å². The monoisotopic (exact) mass is 359 g/mol. The number of hydrogen-bond acceptors (Lipinski definition) is 4. The molecule has 2 aliphatic rings. The van der Waals surface area contributed by atoms with Gasteiger partial charge in [-0.25, -0.2) is 0 Å². The molecule has 2 fully saturated rings. The van der Waals surface area contributed by atoms with Crippen LogP contribution in [0.3, 0.4) is 0 Å². The summed E-state index contributed by atoms with van der Waals surface area (Å²) in [5.41, 5.74) is 0.784. The fourth-order valence-corrected chi connectivity index (χ4v) is 3.41. The maximum absolute atomic E-state index is 12.7. The number of anilines is 1. The molecule has 1 aromatic rings. The Bertz CT molecular complexity index is 666. The topological polar surface area (TPSA) is 70.2 Å². The van der Waals surface area contributed by atoms with Gasteiger partial charge < -0.3 is 19.4 Å². The van der Waals surface area contributed by atoms with Crippen LogP contribution in [0, 0.1) is 5.92 Å². The Hall–Kier alpha value is -2.57. The van der Waals surface area contributed by atoms with Crippen molar-refractivity contribution < 1.29 is 19.1 Å².